The van der Waals surface area contributed by atoms with Gasteiger partial charge < -0.3 is 5.32 Å². The minimum atomic E-state index is -0.893. The average molecular weight is 355 g/mol. The van der Waals surface area contributed by atoms with E-state index in [0.29, 0.717) is 23.1 Å². The van der Waals surface area contributed by atoms with Gasteiger partial charge in [-0.1, -0.05) is 30.3 Å². The number of amides is 1. The SMILES string of the molecule is Cc1cc(=O)n(CC(=O)Nc2ccc(F)cc2F)c(-c2ccccc2)n1. The lowest BCUT2D eigenvalue weighted by Crippen LogP contribution is -2.29. The number of nitrogens with one attached hydrogen (secondary N) is 1. The van der Waals surface area contributed by atoms with Gasteiger partial charge in [-0.05, 0) is 19.1 Å². The Morgan fingerprint density at radius 1 is 1.12 bits per heavy atom. The molecule has 5 nitrogen and oxygen atoms in total. The molecule has 132 valence electrons. The van der Waals surface area contributed by atoms with E-state index in [0.717, 1.165) is 12.1 Å². The van der Waals surface area contributed by atoms with Crippen LogP contribution in [0.25, 0.3) is 11.4 Å². The van der Waals surface area contributed by atoms with Crippen molar-refractivity contribution in [2.24, 2.45) is 0 Å². The fourth-order valence-corrected chi connectivity index (χ4v) is 2.51. The molecule has 0 aliphatic rings. The minimum Gasteiger partial charge on any atom is -0.322 e. The van der Waals surface area contributed by atoms with Crippen LogP contribution >= 0.6 is 0 Å². The number of aromatic nitrogens is 2. The normalized spacial score (nSPS) is 10.6. The van der Waals surface area contributed by atoms with Crippen LogP contribution < -0.4 is 10.9 Å². The highest BCUT2D eigenvalue weighted by molar-refractivity contribution is 5.90. The summed E-state index contributed by atoms with van der Waals surface area (Å²) >= 11 is 0. The number of anilines is 1. The molecule has 0 radical (unpaired) electrons. The van der Waals surface area contributed by atoms with Crippen LogP contribution in [0.3, 0.4) is 0 Å². The van der Waals surface area contributed by atoms with Crippen molar-refractivity contribution in [1.82, 2.24) is 9.55 Å². The summed E-state index contributed by atoms with van der Waals surface area (Å²) in [4.78, 5) is 29.0. The minimum absolute atomic E-state index is 0.161. The first kappa shape index (κ1) is 17.5. The third kappa shape index (κ3) is 3.83. The number of hydrogen-bond acceptors (Lipinski definition) is 3. The van der Waals surface area contributed by atoms with Crippen LogP contribution in [0.1, 0.15) is 5.69 Å². The molecule has 0 fully saturated rings. The summed E-state index contributed by atoms with van der Waals surface area (Å²) < 4.78 is 27.9. The maximum atomic E-state index is 13.7. The first-order chi connectivity index (χ1) is 12.4. The van der Waals surface area contributed by atoms with E-state index in [1.807, 2.05) is 6.07 Å². The van der Waals surface area contributed by atoms with Crippen LogP contribution in [0, 0.1) is 18.6 Å². The Bertz CT molecular complexity index is 1020. The van der Waals surface area contributed by atoms with Crippen LogP contribution in [-0.2, 0) is 11.3 Å². The lowest BCUT2D eigenvalue weighted by atomic mass is 10.2. The molecule has 3 rings (SSSR count). The molecule has 3 aromatic rings. The van der Waals surface area contributed by atoms with E-state index in [9.17, 15) is 18.4 Å². The van der Waals surface area contributed by atoms with Gasteiger partial charge in [-0.25, -0.2) is 13.8 Å². The van der Waals surface area contributed by atoms with Crippen molar-refractivity contribution in [2.75, 3.05) is 5.32 Å². The second-order valence-electron chi connectivity index (χ2n) is 5.68. The van der Waals surface area contributed by atoms with Gasteiger partial charge >= 0.3 is 0 Å². The van der Waals surface area contributed by atoms with Crippen LogP contribution in [0.2, 0.25) is 0 Å². The molecule has 0 aliphatic heterocycles. The van der Waals surface area contributed by atoms with Gasteiger partial charge in [-0.15, -0.1) is 0 Å². The quantitative estimate of drug-likeness (QED) is 0.782. The second kappa shape index (κ2) is 7.26. The van der Waals surface area contributed by atoms with E-state index in [2.05, 4.69) is 10.3 Å². The summed E-state index contributed by atoms with van der Waals surface area (Å²) in [7, 11) is 0. The first-order valence-corrected chi connectivity index (χ1v) is 7.83. The molecule has 0 atom stereocenters. The predicted octanol–water partition coefficient (Wildman–Crippen LogP) is 3.14. The van der Waals surface area contributed by atoms with Crippen molar-refractivity contribution in [2.45, 2.75) is 13.5 Å². The number of carbonyl (C=O) groups excluding carboxylic acids is 1. The number of carbonyl (C=O) groups is 1. The third-order valence-corrected chi connectivity index (χ3v) is 3.68. The molecule has 26 heavy (non-hydrogen) atoms. The second-order valence-corrected chi connectivity index (χ2v) is 5.68. The standard InChI is InChI=1S/C19H15F2N3O2/c1-12-9-18(26)24(19(22-12)13-5-3-2-4-6-13)11-17(25)23-16-8-7-14(20)10-15(16)21/h2-10H,11H2,1H3,(H,23,25). The number of rotatable bonds is 4. The van der Waals surface area contributed by atoms with Crippen molar-refractivity contribution in [3.05, 3.63) is 82.3 Å². The number of nitrogens with zero attached hydrogens (tertiary/aromatic N) is 2. The summed E-state index contributed by atoms with van der Waals surface area (Å²) in [6.45, 7) is 1.33. The Hall–Kier alpha value is -3.35. The zero-order chi connectivity index (χ0) is 18.7. The van der Waals surface area contributed by atoms with Crippen LogP contribution in [0.15, 0.2) is 59.4 Å². The molecule has 0 bridgehead atoms. The van der Waals surface area contributed by atoms with Crippen molar-refractivity contribution in [1.29, 1.82) is 0 Å². The van der Waals surface area contributed by atoms with Crippen molar-refractivity contribution in [3.8, 4) is 11.4 Å². The highest BCUT2D eigenvalue weighted by Gasteiger charge is 2.14. The highest BCUT2D eigenvalue weighted by Crippen LogP contribution is 2.17. The number of halogens is 2. The molecular formula is C19H15F2N3O2. The number of aryl methyl sites for hydroxylation is 1. The lowest BCUT2D eigenvalue weighted by molar-refractivity contribution is -0.116. The zero-order valence-corrected chi connectivity index (χ0v) is 13.9. The lowest BCUT2D eigenvalue weighted by Gasteiger charge is -2.13. The molecule has 0 spiro atoms. The van der Waals surface area contributed by atoms with E-state index in [1.54, 1.807) is 31.2 Å². The zero-order valence-electron chi connectivity index (χ0n) is 13.9. The average Bonchev–Trinajstić information content (AvgIpc) is 2.60. The van der Waals surface area contributed by atoms with Gasteiger partial charge in [0.05, 0.1) is 5.69 Å². The van der Waals surface area contributed by atoms with Gasteiger partial charge in [0.25, 0.3) is 5.56 Å². The first-order valence-electron chi connectivity index (χ1n) is 7.83. The summed E-state index contributed by atoms with van der Waals surface area (Å²) in [5.41, 5.74) is 0.640. The largest absolute Gasteiger partial charge is 0.322 e. The molecule has 2 aromatic carbocycles. The molecule has 0 aliphatic carbocycles. The maximum absolute atomic E-state index is 13.7. The highest BCUT2D eigenvalue weighted by atomic mass is 19.1. The molecule has 0 unspecified atom stereocenters. The van der Waals surface area contributed by atoms with E-state index in [4.69, 9.17) is 0 Å². The van der Waals surface area contributed by atoms with Crippen LogP contribution in [-0.4, -0.2) is 15.5 Å². The Balaban J connectivity index is 1.92. The number of hydrogen-bond donors (Lipinski definition) is 1. The number of benzene rings is 2. The van der Waals surface area contributed by atoms with Gasteiger partial charge in [0.2, 0.25) is 5.91 Å². The summed E-state index contributed by atoms with van der Waals surface area (Å²) in [6.07, 6.45) is 0. The fraction of sp³-hybridized carbons (Fsp3) is 0.105. The monoisotopic (exact) mass is 355 g/mol. The summed E-state index contributed by atoms with van der Waals surface area (Å²) in [5.74, 6) is -1.92. The fourth-order valence-electron chi connectivity index (χ4n) is 2.51. The third-order valence-electron chi connectivity index (χ3n) is 3.68. The van der Waals surface area contributed by atoms with Gasteiger partial charge in [0.15, 0.2) is 0 Å². The Morgan fingerprint density at radius 2 is 1.85 bits per heavy atom. The molecule has 1 amide bonds. The van der Waals surface area contributed by atoms with Crippen molar-refractivity contribution < 1.29 is 13.6 Å². The molecular weight excluding hydrogens is 340 g/mol. The van der Waals surface area contributed by atoms with Gasteiger partial charge in [0, 0.05) is 23.4 Å². The molecule has 0 saturated carbocycles. The Morgan fingerprint density at radius 3 is 2.54 bits per heavy atom. The van der Waals surface area contributed by atoms with Crippen molar-refractivity contribution >= 4 is 11.6 Å². The van der Waals surface area contributed by atoms with E-state index in [-0.39, 0.29) is 12.2 Å². The van der Waals surface area contributed by atoms with E-state index < -0.39 is 23.1 Å². The molecule has 1 aromatic heterocycles. The van der Waals surface area contributed by atoms with Crippen LogP contribution in [0.5, 0.6) is 0 Å². The smallest absolute Gasteiger partial charge is 0.254 e. The molecule has 0 saturated heterocycles. The van der Waals surface area contributed by atoms with Gasteiger partial charge in [-0.2, -0.15) is 0 Å². The van der Waals surface area contributed by atoms with Crippen molar-refractivity contribution in [3.63, 3.8) is 0 Å². The van der Waals surface area contributed by atoms with Gasteiger partial charge in [0.1, 0.15) is 24.0 Å². The molecule has 1 N–H and O–H groups in total. The molecule has 7 heteroatoms. The molecule has 1 heterocycles. The Kier molecular flexibility index (Phi) is 4.88. The van der Waals surface area contributed by atoms with Crippen LogP contribution in [0.4, 0.5) is 14.5 Å². The summed E-state index contributed by atoms with van der Waals surface area (Å²) in [6, 6.07) is 13.1. The topological polar surface area (TPSA) is 64.0 Å². The Labute approximate surface area is 147 Å². The van der Waals surface area contributed by atoms with E-state index >= 15 is 0 Å². The summed E-state index contributed by atoms with van der Waals surface area (Å²) in [5, 5.41) is 2.34. The van der Waals surface area contributed by atoms with Gasteiger partial charge in [-0.3, -0.25) is 14.2 Å². The predicted molar refractivity (Wildman–Crippen MR) is 93.7 cm³/mol. The maximum Gasteiger partial charge on any atom is 0.254 e. The van der Waals surface area contributed by atoms with E-state index in [1.165, 1.54) is 10.6 Å².